The molecule has 1 atom stereocenters. The summed E-state index contributed by atoms with van der Waals surface area (Å²) in [5.74, 6) is 0.926. The molecule has 0 bridgehead atoms. The van der Waals surface area contributed by atoms with Gasteiger partial charge >= 0.3 is 0 Å². The van der Waals surface area contributed by atoms with Crippen molar-refractivity contribution in [2.24, 2.45) is 0 Å². The lowest BCUT2D eigenvalue weighted by atomic mass is 10.1. The van der Waals surface area contributed by atoms with Gasteiger partial charge in [-0.2, -0.15) is 0 Å². The van der Waals surface area contributed by atoms with Crippen LogP contribution >= 0.6 is 0 Å². The number of rotatable bonds is 10. The fraction of sp³-hybridized carbons (Fsp3) is 0.625. The largest absolute Gasteiger partial charge is 0.494 e. The number of likely N-dealkylation sites (N-methyl/N-ethyl adjacent to an activating group) is 1. The number of benzene rings is 1. The Balaban J connectivity index is 2.20. The first-order chi connectivity index (χ1) is 9.63. The molecular weight excluding hydrogens is 252 g/mol. The third-order valence-electron chi connectivity index (χ3n) is 3.07. The minimum Gasteiger partial charge on any atom is -0.494 e. The highest BCUT2D eigenvalue weighted by Crippen LogP contribution is 2.17. The van der Waals surface area contributed by atoms with Gasteiger partial charge in [-0.25, -0.2) is 0 Å². The Morgan fingerprint density at radius 1 is 1.15 bits per heavy atom. The molecule has 0 amide bonds. The van der Waals surface area contributed by atoms with Crippen molar-refractivity contribution in [3.8, 4) is 5.75 Å². The molecule has 1 aromatic carbocycles. The number of hydrogen-bond acceptors (Lipinski definition) is 4. The first-order valence-electron chi connectivity index (χ1n) is 7.32. The number of nitrogens with one attached hydrogen (secondary N) is 1. The molecule has 0 heterocycles. The van der Waals surface area contributed by atoms with Crippen molar-refractivity contribution in [1.82, 2.24) is 10.2 Å². The number of nitrogens with zero attached hydrogens (tertiary/aromatic N) is 1. The Kier molecular flexibility index (Phi) is 8.26. The highest BCUT2D eigenvalue weighted by atomic mass is 16.5. The molecule has 4 nitrogen and oxygen atoms in total. The standard InChI is InChI=1S/C16H28N2O2/c1-5-20-16-8-6-15(7-9-16)14(2)17-10-12-19-13-11-18(3)4/h6-9,14,17H,5,10-13H2,1-4H3. The molecule has 0 aliphatic rings. The van der Waals surface area contributed by atoms with Crippen LogP contribution in [-0.4, -0.2) is 51.9 Å². The molecular formula is C16H28N2O2. The van der Waals surface area contributed by atoms with Gasteiger partial charge in [-0.15, -0.1) is 0 Å². The van der Waals surface area contributed by atoms with E-state index in [1.54, 1.807) is 0 Å². The van der Waals surface area contributed by atoms with Crippen LogP contribution < -0.4 is 10.1 Å². The lowest BCUT2D eigenvalue weighted by molar-refractivity contribution is 0.118. The van der Waals surface area contributed by atoms with Gasteiger partial charge in [0.2, 0.25) is 0 Å². The molecule has 1 unspecified atom stereocenters. The summed E-state index contributed by atoms with van der Waals surface area (Å²) in [4.78, 5) is 2.12. The maximum absolute atomic E-state index is 5.56. The maximum atomic E-state index is 5.56. The van der Waals surface area contributed by atoms with Gasteiger partial charge in [0, 0.05) is 19.1 Å². The highest BCUT2D eigenvalue weighted by Gasteiger charge is 2.04. The lowest BCUT2D eigenvalue weighted by Gasteiger charge is -2.15. The topological polar surface area (TPSA) is 33.7 Å². The van der Waals surface area contributed by atoms with Crippen LogP contribution in [0.15, 0.2) is 24.3 Å². The van der Waals surface area contributed by atoms with Crippen LogP contribution in [0.25, 0.3) is 0 Å². The van der Waals surface area contributed by atoms with Crippen LogP contribution in [0.4, 0.5) is 0 Å². The molecule has 0 saturated heterocycles. The lowest BCUT2D eigenvalue weighted by Crippen LogP contribution is -2.25. The average Bonchev–Trinajstić information content (AvgIpc) is 2.43. The molecule has 4 heteroatoms. The van der Waals surface area contributed by atoms with Crippen molar-refractivity contribution in [2.45, 2.75) is 19.9 Å². The average molecular weight is 280 g/mol. The monoisotopic (exact) mass is 280 g/mol. The first-order valence-corrected chi connectivity index (χ1v) is 7.32. The van der Waals surface area contributed by atoms with Crippen molar-refractivity contribution in [2.75, 3.05) is 47.0 Å². The molecule has 0 fully saturated rings. The van der Waals surface area contributed by atoms with Crippen LogP contribution in [0.3, 0.4) is 0 Å². The van der Waals surface area contributed by atoms with E-state index in [9.17, 15) is 0 Å². The van der Waals surface area contributed by atoms with Gasteiger partial charge < -0.3 is 19.7 Å². The third kappa shape index (κ3) is 6.89. The predicted octanol–water partition coefficient (Wildman–Crippen LogP) is 2.31. The summed E-state index contributed by atoms with van der Waals surface area (Å²) in [7, 11) is 4.10. The van der Waals surface area contributed by atoms with Gasteiger partial charge in [0.05, 0.1) is 19.8 Å². The van der Waals surface area contributed by atoms with Gasteiger partial charge in [0.25, 0.3) is 0 Å². The third-order valence-corrected chi connectivity index (χ3v) is 3.07. The van der Waals surface area contributed by atoms with E-state index in [2.05, 4.69) is 43.4 Å². The second-order valence-corrected chi connectivity index (χ2v) is 5.09. The molecule has 0 saturated carbocycles. The molecule has 0 aromatic heterocycles. The zero-order valence-electron chi connectivity index (χ0n) is 13.2. The Morgan fingerprint density at radius 3 is 2.45 bits per heavy atom. The quantitative estimate of drug-likeness (QED) is 0.667. The maximum Gasteiger partial charge on any atom is 0.119 e. The molecule has 1 rings (SSSR count). The number of ether oxygens (including phenoxy) is 2. The minimum atomic E-state index is 0.322. The van der Waals surface area contributed by atoms with Crippen LogP contribution in [0.1, 0.15) is 25.5 Å². The SMILES string of the molecule is CCOc1ccc(C(C)NCCOCCN(C)C)cc1. The summed E-state index contributed by atoms with van der Waals surface area (Å²) in [6.07, 6.45) is 0. The summed E-state index contributed by atoms with van der Waals surface area (Å²) < 4.78 is 11.0. The predicted molar refractivity (Wildman–Crippen MR) is 83.4 cm³/mol. The van der Waals surface area contributed by atoms with Gasteiger partial charge in [-0.3, -0.25) is 0 Å². The molecule has 1 N–H and O–H groups in total. The Morgan fingerprint density at radius 2 is 1.85 bits per heavy atom. The van der Waals surface area contributed by atoms with Crippen molar-refractivity contribution >= 4 is 0 Å². The smallest absolute Gasteiger partial charge is 0.119 e. The van der Waals surface area contributed by atoms with Crippen molar-refractivity contribution in [1.29, 1.82) is 0 Å². The van der Waals surface area contributed by atoms with Crippen molar-refractivity contribution in [3.05, 3.63) is 29.8 Å². The van der Waals surface area contributed by atoms with Crippen molar-refractivity contribution in [3.63, 3.8) is 0 Å². The second kappa shape index (κ2) is 9.75. The van der Waals surface area contributed by atoms with Crippen LogP contribution in [0.5, 0.6) is 5.75 Å². The summed E-state index contributed by atoms with van der Waals surface area (Å²) in [6.45, 7) is 8.22. The molecule has 0 aliphatic carbocycles. The van der Waals surface area contributed by atoms with Crippen LogP contribution in [0, 0.1) is 0 Å². The van der Waals surface area contributed by atoms with Crippen LogP contribution in [-0.2, 0) is 4.74 Å². The molecule has 0 radical (unpaired) electrons. The summed E-state index contributed by atoms with van der Waals surface area (Å²) >= 11 is 0. The summed E-state index contributed by atoms with van der Waals surface area (Å²) in [5, 5.41) is 3.46. The van der Waals surface area contributed by atoms with E-state index < -0.39 is 0 Å². The van der Waals surface area contributed by atoms with E-state index in [4.69, 9.17) is 9.47 Å². The minimum absolute atomic E-state index is 0.322. The van der Waals surface area contributed by atoms with Gasteiger partial charge in [0.1, 0.15) is 5.75 Å². The molecule has 0 aliphatic heterocycles. The molecule has 0 spiro atoms. The Hall–Kier alpha value is -1.10. The zero-order chi connectivity index (χ0) is 14.8. The van der Waals surface area contributed by atoms with E-state index in [-0.39, 0.29) is 0 Å². The van der Waals surface area contributed by atoms with Gasteiger partial charge in [-0.1, -0.05) is 12.1 Å². The van der Waals surface area contributed by atoms with E-state index >= 15 is 0 Å². The molecule has 114 valence electrons. The molecule has 1 aromatic rings. The Bertz CT molecular complexity index is 352. The Labute approximate surface area is 123 Å². The summed E-state index contributed by atoms with van der Waals surface area (Å²) in [5.41, 5.74) is 1.27. The number of hydrogen-bond donors (Lipinski definition) is 1. The van der Waals surface area contributed by atoms with E-state index in [1.165, 1.54) is 5.56 Å². The zero-order valence-corrected chi connectivity index (χ0v) is 13.2. The van der Waals surface area contributed by atoms with Crippen molar-refractivity contribution < 1.29 is 9.47 Å². The van der Waals surface area contributed by atoms with Gasteiger partial charge in [-0.05, 0) is 45.6 Å². The fourth-order valence-electron chi connectivity index (χ4n) is 1.83. The first kappa shape index (κ1) is 17.0. The summed E-state index contributed by atoms with van der Waals surface area (Å²) in [6, 6.07) is 8.57. The van der Waals surface area contributed by atoms with Gasteiger partial charge in [0.15, 0.2) is 0 Å². The van der Waals surface area contributed by atoms with E-state index in [1.807, 2.05) is 19.1 Å². The fourth-order valence-corrected chi connectivity index (χ4v) is 1.83. The van der Waals surface area contributed by atoms with E-state index in [0.29, 0.717) is 12.6 Å². The highest BCUT2D eigenvalue weighted by molar-refractivity contribution is 5.28. The van der Waals surface area contributed by atoms with E-state index in [0.717, 1.165) is 32.1 Å². The van der Waals surface area contributed by atoms with Crippen LogP contribution in [0.2, 0.25) is 0 Å². The normalized spacial score (nSPS) is 12.7. The second-order valence-electron chi connectivity index (χ2n) is 5.09. The molecule has 20 heavy (non-hydrogen) atoms.